The maximum atomic E-state index is 5.76. The Bertz CT molecular complexity index is 268. The molecule has 0 aliphatic heterocycles. The first-order valence-corrected chi connectivity index (χ1v) is 3.76. The van der Waals surface area contributed by atoms with Crippen molar-refractivity contribution >= 4 is 17.7 Å². The fourth-order valence-corrected chi connectivity index (χ4v) is 1.14. The smallest absolute Gasteiger partial charge is 0.0409 e. The van der Waals surface area contributed by atoms with E-state index in [-0.39, 0.29) is 0 Å². The van der Waals surface area contributed by atoms with Gasteiger partial charge in [0.05, 0.1) is 0 Å². The minimum atomic E-state index is 0.502. The van der Waals surface area contributed by atoms with Gasteiger partial charge in [-0.05, 0) is 23.3 Å². The van der Waals surface area contributed by atoms with Crippen LogP contribution in [0.5, 0.6) is 0 Å². The Morgan fingerprint density at radius 3 is 2.82 bits per heavy atom. The minimum Gasteiger partial charge on any atom is -0.326 e. The molecule has 0 radical (unpaired) electrons. The number of nitrogens with two attached hydrogens (primary N) is 1. The van der Waals surface area contributed by atoms with Crippen molar-refractivity contribution < 1.29 is 0 Å². The Labute approximate surface area is 71.5 Å². The fraction of sp³-hybridized carbons (Fsp3) is 0.111. The fourth-order valence-electron chi connectivity index (χ4n) is 0.950. The third kappa shape index (κ3) is 1.82. The summed E-state index contributed by atoms with van der Waals surface area (Å²) in [5.41, 5.74) is 7.58. The highest BCUT2D eigenvalue weighted by Crippen LogP contribution is 2.16. The van der Waals surface area contributed by atoms with Crippen molar-refractivity contribution in [2.24, 2.45) is 5.73 Å². The first kappa shape index (κ1) is 8.31. The molecule has 58 valence electrons. The van der Waals surface area contributed by atoms with Gasteiger partial charge in [-0.2, -0.15) is 0 Å². The zero-order chi connectivity index (χ0) is 8.27. The van der Waals surface area contributed by atoms with Gasteiger partial charge in [-0.1, -0.05) is 30.3 Å². The van der Waals surface area contributed by atoms with E-state index in [9.17, 15) is 0 Å². The molecule has 2 N–H and O–H groups in total. The van der Waals surface area contributed by atoms with Crippen LogP contribution in [-0.2, 0) is 6.54 Å². The number of hydrogen-bond acceptors (Lipinski definition) is 1. The molecule has 0 aliphatic carbocycles. The molecule has 0 heterocycles. The SMILES string of the molecule is C=Cc1ccc(Cl)cc1CN. The monoisotopic (exact) mass is 167 g/mol. The predicted molar refractivity (Wildman–Crippen MR) is 49.4 cm³/mol. The highest BCUT2D eigenvalue weighted by Gasteiger charge is 1.96. The summed E-state index contributed by atoms with van der Waals surface area (Å²) in [5, 5.41) is 0.719. The Kier molecular flexibility index (Phi) is 2.69. The summed E-state index contributed by atoms with van der Waals surface area (Å²) < 4.78 is 0. The van der Waals surface area contributed by atoms with Crippen molar-refractivity contribution in [2.75, 3.05) is 0 Å². The first-order chi connectivity index (χ1) is 5.27. The molecular weight excluding hydrogens is 158 g/mol. The molecule has 1 aromatic carbocycles. The van der Waals surface area contributed by atoms with Gasteiger partial charge in [0.15, 0.2) is 0 Å². The summed E-state index contributed by atoms with van der Waals surface area (Å²) in [6.07, 6.45) is 1.78. The van der Waals surface area contributed by atoms with Gasteiger partial charge in [0, 0.05) is 11.6 Å². The van der Waals surface area contributed by atoms with Crippen LogP contribution in [0.25, 0.3) is 6.08 Å². The van der Waals surface area contributed by atoms with E-state index in [4.69, 9.17) is 17.3 Å². The third-order valence-electron chi connectivity index (χ3n) is 1.54. The number of hydrogen-bond donors (Lipinski definition) is 1. The van der Waals surface area contributed by atoms with Crippen LogP contribution in [0.3, 0.4) is 0 Å². The van der Waals surface area contributed by atoms with Gasteiger partial charge in [-0.25, -0.2) is 0 Å². The van der Waals surface area contributed by atoms with E-state index in [2.05, 4.69) is 6.58 Å². The summed E-state index contributed by atoms with van der Waals surface area (Å²) in [6, 6.07) is 5.60. The molecule has 2 heteroatoms. The van der Waals surface area contributed by atoms with Gasteiger partial charge in [0.25, 0.3) is 0 Å². The van der Waals surface area contributed by atoms with Crippen LogP contribution in [0, 0.1) is 0 Å². The quantitative estimate of drug-likeness (QED) is 0.720. The molecule has 0 amide bonds. The topological polar surface area (TPSA) is 26.0 Å². The number of rotatable bonds is 2. The van der Waals surface area contributed by atoms with Crippen molar-refractivity contribution in [2.45, 2.75) is 6.54 Å². The van der Waals surface area contributed by atoms with Crippen LogP contribution >= 0.6 is 11.6 Å². The molecule has 0 fully saturated rings. The van der Waals surface area contributed by atoms with Crippen molar-refractivity contribution in [3.05, 3.63) is 40.9 Å². The Morgan fingerprint density at radius 1 is 1.55 bits per heavy atom. The molecule has 0 saturated heterocycles. The molecule has 0 bridgehead atoms. The first-order valence-electron chi connectivity index (χ1n) is 3.39. The van der Waals surface area contributed by atoms with Crippen LogP contribution < -0.4 is 5.73 Å². The second kappa shape index (κ2) is 3.56. The molecule has 1 rings (SSSR count). The molecule has 1 aromatic rings. The highest BCUT2D eigenvalue weighted by molar-refractivity contribution is 6.30. The summed E-state index contributed by atoms with van der Waals surface area (Å²) >= 11 is 5.76. The van der Waals surface area contributed by atoms with Crippen molar-refractivity contribution in [3.8, 4) is 0 Å². The van der Waals surface area contributed by atoms with Gasteiger partial charge in [0.1, 0.15) is 0 Å². The van der Waals surface area contributed by atoms with Crippen LogP contribution in [0.4, 0.5) is 0 Å². The predicted octanol–water partition coefficient (Wildman–Crippen LogP) is 2.44. The van der Waals surface area contributed by atoms with Gasteiger partial charge in [0.2, 0.25) is 0 Å². The molecule has 0 unspecified atom stereocenters. The molecular formula is C9H10ClN. The Morgan fingerprint density at radius 2 is 2.27 bits per heavy atom. The molecule has 11 heavy (non-hydrogen) atoms. The average molecular weight is 168 g/mol. The van der Waals surface area contributed by atoms with Crippen molar-refractivity contribution in [1.82, 2.24) is 0 Å². The molecule has 0 spiro atoms. The van der Waals surface area contributed by atoms with E-state index in [1.165, 1.54) is 0 Å². The Hall–Kier alpha value is -0.790. The summed E-state index contributed by atoms with van der Waals surface area (Å²) in [4.78, 5) is 0. The minimum absolute atomic E-state index is 0.502. The lowest BCUT2D eigenvalue weighted by molar-refractivity contribution is 1.07. The molecule has 1 nitrogen and oxygen atoms in total. The van der Waals surface area contributed by atoms with Gasteiger partial charge < -0.3 is 5.73 Å². The van der Waals surface area contributed by atoms with Crippen LogP contribution in [-0.4, -0.2) is 0 Å². The molecule has 0 atom stereocenters. The molecule has 0 aromatic heterocycles. The summed E-state index contributed by atoms with van der Waals surface area (Å²) in [6.45, 7) is 4.17. The van der Waals surface area contributed by atoms with Crippen molar-refractivity contribution in [3.63, 3.8) is 0 Å². The zero-order valence-corrected chi connectivity index (χ0v) is 6.93. The van der Waals surface area contributed by atoms with Gasteiger partial charge in [-0.15, -0.1) is 0 Å². The van der Waals surface area contributed by atoms with E-state index in [1.807, 2.05) is 18.2 Å². The Balaban J connectivity index is 3.16. The normalized spacial score (nSPS) is 9.64. The number of benzene rings is 1. The summed E-state index contributed by atoms with van der Waals surface area (Å²) in [7, 11) is 0. The highest BCUT2D eigenvalue weighted by atomic mass is 35.5. The summed E-state index contributed by atoms with van der Waals surface area (Å²) in [5.74, 6) is 0. The van der Waals surface area contributed by atoms with E-state index < -0.39 is 0 Å². The van der Waals surface area contributed by atoms with Crippen LogP contribution in [0.2, 0.25) is 5.02 Å². The maximum Gasteiger partial charge on any atom is 0.0409 e. The molecule has 0 saturated carbocycles. The van der Waals surface area contributed by atoms with E-state index in [0.717, 1.165) is 16.1 Å². The van der Waals surface area contributed by atoms with Crippen LogP contribution in [0.1, 0.15) is 11.1 Å². The van der Waals surface area contributed by atoms with E-state index >= 15 is 0 Å². The molecule has 0 aliphatic rings. The maximum absolute atomic E-state index is 5.76. The van der Waals surface area contributed by atoms with Crippen molar-refractivity contribution in [1.29, 1.82) is 0 Å². The lowest BCUT2D eigenvalue weighted by Crippen LogP contribution is -1.98. The standard InChI is InChI=1S/C9H10ClN/c1-2-7-3-4-9(10)5-8(7)6-11/h2-5H,1,6,11H2. The van der Waals surface area contributed by atoms with Gasteiger partial charge in [-0.3, -0.25) is 0 Å². The van der Waals surface area contributed by atoms with Crippen LogP contribution in [0.15, 0.2) is 24.8 Å². The second-order valence-electron chi connectivity index (χ2n) is 2.25. The lowest BCUT2D eigenvalue weighted by atomic mass is 10.1. The second-order valence-corrected chi connectivity index (χ2v) is 2.69. The lowest BCUT2D eigenvalue weighted by Gasteiger charge is -2.02. The zero-order valence-electron chi connectivity index (χ0n) is 6.18. The number of halogens is 1. The average Bonchev–Trinajstić information content (AvgIpc) is 2.04. The van der Waals surface area contributed by atoms with E-state index in [1.54, 1.807) is 6.08 Å². The van der Waals surface area contributed by atoms with E-state index in [0.29, 0.717) is 6.54 Å². The largest absolute Gasteiger partial charge is 0.326 e. The van der Waals surface area contributed by atoms with Gasteiger partial charge >= 0.3 is 0 Å². The third-order valence-corrected chi connectivity index (χ3v) is 1.78.